The number of nitrogens with zero attached hydrogens (tertiary/aromatic N) is 1. The number of rotatable bonds is 9. The van der Waals surface area contributed by atoms with Crippen molar-refractivity contribution in [1.82, 2.24) is 10.6 Å². The first-order valence-electron chi connectivity index (χ1n) is 7.83. The van der Waals surface area contributed by atoms with E-state index in [-0.39, 0.29) is 12.4 Å². The van der Waals surface area contributed by atoms with Crippen LogP contribution in [0.25, 0.3) is 0 Å². The second-order valence-electron chi connectivity index (χ2n) is 5.13. The number of aryl methyl sites for hydroxylation is 1. The van der Waals surface area contributed by atoms with Gasteiger partial charge >= 0.3 is 5.97 Å². The molecule has 7 heteroatoms. The maximum absolute atomic E-state index is 11.1. The molecule has 24 heavy (non-hydrogen) atoms. The van der Waals surface area contributed by atoms with Crippen LogP contribution in [-0.2, 0) is 20.8 Å². The zero-order valence-electron chi connectivity index (χ0n) is 14.8. The summed E-state index contributed by atoms with van der Waals surface area (Å²) < 4.78 is 15.4. The Bertz CT molecular complexity index is 547. The molecule has 7 nitrogen and oxygen atoms in total. The molecule has 1 aromatic carbocycles. The summed E-state index contributed by atoms with van der Waals surface area (Å²) in [6.45, 7) is 4.07. The number of aliphatic imine (C=N–C) groups is 1. The molecule has 0 amide bonds. The topological polar surface area (TPSA) is 81.2 Å². The third-order valence-electron chi connectivity index (χ3n) is 3.29. The van der Waals surface area contributed by atoms with Crippen molar-refractivity contribution >= 4 is 11.9 Å². The summed E-state index contributed by atoms with van der Waals surface area (Å²) in [6, 6.07) is 6.06. The van der Waals surface area contributed by atoms with Gasteiger partial charge in [-0.15, -0.1) is 0 Å². The average molecular weight is 337 g/mol. The average Bonchev–Trinajstić information content (AvgIpc) is 2.59. The second kappa shape index (κ2) is 11.3. The van der Waals surface area contributed by atoms with Crippen LogP contribution in [-0.4, -0.2) is 53.0 Å². The number of nitrogens with one attached hydrogen (secondary N) is 2. The predicted octanol–water partition coefficient (Wildman–Crippen LogP) is 1.25. The fourth-order valence-corrected chi connectivity index (χ4v) is 1.96. The van der Waals surface area contributed by atoms with E-state index in [1.54, 1.807) is 14.2 Å². The van der Waals surface area contributed by atoms with Crippen LogP contribution in [0.5, 0.6) is 5.75 Å². The van der Waals surface area contributed by atoms with E-state index in [0.29, 0.717) is 32.3 Å². The Hall–Kier alpha value is -2.28. The summed E-state index contributed by atoms with van der Waals surface area (Å²) >= 11 is 0. The lowest BCUT2D eigenvalue weighted by molar-refractivity contribution is -0.140. The lowest BCUT2D eigenvalue weighted by atomic mass is 10.1. The number of ether oxygens (including phenoxy) is 3. The molecule has 0 saturated carbocycles. The molecule has 134 valence electrons. The largest absolute Gasteiger partial charge is 0.491 e. The van der Waals surface area contributed by atoms with Crippen LogP contribution >= 0.6 is 0 Å². The van der Waals surface area contributed by atoms with Crippen molar-refractivity contribution in [3.8, 4) is 5.75 Å². The first kappa shape index (κ1) is 19.8. The van der Waals surface area contributed by atoms with Gasteiger partial charge in [-0.3, -0.25) is 9.79 Å². The molecule has 1 aromatic rings. The minimum Gasteiger partial charge on any atom is -0.491 e. The molecule has 0 aliphatic carbocycles. The highest BCUT2D eigenvalue weighted by Gasteiger charge is 2.06. The standard InChI is InChI=1S/C17H27N3O4/c1-13-5-6-14(15(11-13)24-10-9-22-3)12-20-17(18-2)19-8-7-16(21)23-4/h5-6,11H,7-10,12H2,1-4H3,(H2,18,19,20). The number of hydrogen-bond acceptors (Lipinski definition) is 5. The summed E-state index contributed by atoms with van der Waals surface area (Å²) in [5.74, 6) is 1.18. The van der Waals surface area contributed by atoms with Gasteiger partial charge in [0, 0.05) is 32.8 Å². The van der Waals surface area contributed by atoms with Crippen LogP contribution in [0.1, 0.15) is 17.5 Å². The van der Waals surface area contributed by atoms with Crippen molar-refractivity contribution in [2.45, 2.75) is 19.9 Å². The van der Waals surface area contributed by atoms with Gasteiger partial charge in [0.25, 0.3) is 0 Å². The number of carbonyl (C=O) groups excluding carboxylic acids is 1. The number of esters is 1. The maximum atomic E-state index is 11.1. The minimum absolute atomic E-state index is 0.259. The molecule has 0 aromatic heterocycles. The lowest BCUT2D eigenvalue weighted by Crippen LogP contribution is -2.38. The molecule has 0 aliphatic heterocycles. The Morgan fingerprint density at radius 3 is 2.67 bits per heavy atom. The van der Waals surface area contributed by atoms with Gasteiger partial charge in [-0.1, -0.05) is 12.1 Å². The van der Waals surface area contributed by atoms with Crippen molar-refractivity contribution in [2.75, 3.05) is 41.0 Å². The van der Waals surface area contributed by atoms with Crippen molar-refractivity contribution in [1.29, 1.82) is 0 Å². The van der Waals surface area contributed by atoms with Crippen LogP contribution in [0.2, 0.25) is 0 Å². The van der Waals surface area contributed by atoms with E-state index >= 15 is 0 Å². The van der Waals surface area contributed by atoms with Gasteiger partial charge in [0.2, 0.25) is 0 Å². The van der Waals surface area contributed by atoms with Crippen LogP contribution in [0.3, 0.4) is 0 Å². The molecular weight excluding hydrogens is 310 g/mol. The maximum Gasteiger partial charge on any atom is 0.307 e. The number of methoxy groups -OCH3 is 2. The van der Waals surface area contributed by atoms with E-state index < -0.39 is 0 Å². The van der Waals surface area contributed by atoms with E-state index in [1.165, 1.54) is 7.11 Å². The van der Waals surface area contributed by atoms with Gasteiger partial charge in [0.15, 0.2) is 5.96 Å². The monoisotopic (exact) mass is 337 g/mol. The van der Waals surface area contributed by atoms with E-state index in [9.17, 15) is 4.79 Å². The Morgan fingerprint density at radius 2 is 2.00 bits per heavy atom. The van der Waals surface area contributed by atoms with Gasteiger partial charge in [-0.05, 0) is 18.6 Å². The molecule has 1 rings (SSSR count). The van der Waals surface area contributed by atoms with E-state index in [2.05, 4.69) is 20.4 Å². The summed E-state index contributed by atoms with van der Waals surface area (Å²) in [6.07, 6.45) is 0.285. The number of benzene rings is 1. The van der Waals surface area contributed by atoms with Crippen LogP contribution in [0.15, 0.2) is 23.2 Å². The molecule has 0 aliphatic rings. The van der Waals surface area contributed by atoms with Gasteiger partial charge < -0.3 is 24.8 Å². The number of hydrogen-bond donors (Lipinski definition) is 2. The summed E-state index contributed by atoms with van der Waals surface area (Å²) in [5, 5.41) is 6.27. The molecule has 0 radical (unpaired) electrons. The SMILES string of the molecule is CN=C(NCCC(=O)OC)NCc1ccc(C)cc1OCCOC. The van der Waals surface area contributed by atoms with E-state index in [4.69, 9.17) is 9.47 Å². The molecule has 0 saturated heterocycles. The first-order valence-corrected chi connectivity index (χ1v) is 7.83. The van der Waals surface area contributed by atoms with Crippen molar-refractivity contribution in [3.05, 3.63) is 29.3 Å². The molecular formula is C17H27N3O4. The Morgan fingerprint density at radius 1 is 1.21 bits per heavy atom. The van der Waals surface area contributed by atoms with Gasteiger partial charge in [-0.25, -0.2) is 0 Å². The van der Waals surface area contributed by atoms with Crippen LogP contribution in [0, 0.1) is 6.92 Å². The molecule has 0 spiro atoms. The van der Waals surface area contributed by atoms with Crippen molar-refractivity contribution in [3.63, 3.8) is 0 Å². The third kappa shape index (κ3) is 7.32. The van der Waals surface area contributed by atoms with Crippen LogP contribution in [0.4, 0.5) is 0 Å². The highest BCUT2D eigenvalue weighted by molar-refractivity contribution is 5.80. The molecule has 2 N–H and O–H groups in total. The number of guanidine groups is 1. The molecule has 0 unspecified atom stereocenters. The summed E-state index contributed by atoms with van der Waals surface area (Å²) in [5.41, 5.74) is 2.15. The zero-order valence-corrected chi connectivity index (χ0v) is 14.8. The molecule has 0 bridgehead atoms. The Labute approximate surface area is 143 Å². The second-order valence-corrected chi connectivity index (χ2v) is 5.13. The van der Waals surface area contributed by atoms with Crippen molar-refractivity contribution in [2.24, 2.45) is 4.99 Å². The highest BCUT2D eigenvalue weighted by atomic mass is 16.5. The molecule has 0 heterocycles. The quantitative estimate of drug-likeness (QED) is 0.305. The van der Waals surface area contributed by atoms with Gasteiger partial charge in [0.1, 0.15) is 12.4 Å². The Kier molecular flexibility index (Phi) is 9.29. The van der Waals surface area contributed by atoms with E-state index in [1.807, 2.05) is 25.1 Å². The fraction of sp³-hybridized carbons (Fsp3) is 0.529. The molecule has 0 atom stereocenters. The Balaban J connectivity index is 2.56. The predicted molar refractivity (Wildman–Crippen MR) is 93.4 cm³/mol. The third-order valence-corrected chi connectivity index (χ3v) is 3.29. The number of carbonyl (C=O) groups is 1. The minimum atomic E-state index is -0.259. The highest BCUT2D eigenvalue weighted by Crippen LogP contribution is 2.20. The summed E-state index contributed by atoms with van der Waals surface area (Å²) in [4.78, 5) is 15.2. The van der Waals surface area contributed by atoms with Crippen molar-refractivity contribution < 1.29 is 19.0 Å². The summed E-state index contributed by atoms with van der Waals surface area (Å²) in [7, 11) is 4.70. The zero-order chi connectivity index (χ0) is 17.8. The lowest BCUT2D eigenvalue weighted by Gasteiger charge is -2.15. The normalized spacial score (nSPS) is 11.1. The molecule has 0 fully saturated rings. The van der Waals surface area contributed by atoms with Gasteiger partial charge in [-0.2, -0.15) is 0 Å². The smallest absolute Gasteiger partial charge is 0.307 e. The first-order chi connectivity index (χ1) is 11.6. The fourth-order valence-electron chi connectivity index (χ4n) is 1.96. The van der Waals surface area contributed by atoms with Gasteiger partial charge in [0.05, 0.1) is 20.1 Å². The van der Waals surface area contributed by atoms with Crippen LogP contribution < -0.4 is 15.4 Å². The van der Waals surface area contributed by atoms with E-state index in [0.717, 1.165) is 16.9 Å².